The number of thiol groups is 1. The first-order chi connectivity index (χ1) is 14.5. The van der Waals surface area contributed by atoms with Crippen molar-refractivity contribution in [2.24, 2.45) is 7.05 Å². The lowest BCUT2D eigenvalue weighted by molar-refractivity contribution is 0.149. The van der Waals surface area contributed by atoms with Crippen molar-refractivity contribution >= 4 is 24.5 Å². The molecule has 0 bridgehead atoms. The summed E-state index contributed by atoms with van der Waals surface area (Å²) in [6, 6.07) is 11.5. The Bertz CT molecular complexity index is 995. The zero-order chi connectivity index (χ0) is 21.1. The lowest BCUT2D eigenvalue weighted by Gasteiger charge is -2.34. The minimum absolute atomic E-state index is 0.141. The van der Waals surface area contributed by atoms with Crippen molar-refractivity contribution < 1.29 is 9.53 Å². The number of pyridine rings is 1. The van der Waals surface area contributed by atoms with Crippen LogP contribution in [0.15, 0.2) is 55.0 Å². The lowest BCUT2D eigenvalue weighted by atomic mass is 10.1. The van der Waals surface area contributed by atoms with Gasteiger partial charge in [-0.05, 0) is 36.2 Å². The van der Waals surface area contributed by atoms with Gasteiger partial charge in [0.15, 0.2) is 0 Å². The summed E-state index contributed by atoms with van der Waals surface area (Å²) in [5, 5.41) is -0.141. The number of hydrogen-bond donors (Lipinski definition) is 1. The normalized spacial score (nSPS) is 15.2. The van der Waals surface area contributed by atoms with Crippen molar-refractivity contribution in [2.75, 3.05) is 31.1 Å². The third kappa shape index (κ3) is 4.43. The van der Waals surface area contributed by atoms with Gasteiger partial charge in [-0.3, -0.25) is 0 Å². The first kappa shape index (κ1) is 20.3. The van der Waals surface area contributed by atoms with Gasteiger partial charge in [-0.25, -0.2) is 14.8 Å². The molecular weight excluding hydrogens is 398 g/mol. The highest BCUT2D eigenvalue weighted by Crippen LogP contribution is 2.28. The number of carbonyl (C=O) groups excluding carboxylic acids is 1. The van der Waals surface area contributed by atoms with Gasteiger partial charge in [0.1, 0.15) is 17.4 Å². The number of hydrogen-bond acceptors (Lipinski definition) is 6. The third-order valence-corrected chi connectivity index (χ3v) is 5.79. The van der Waals surface area contributed by atoms with Crippen molar-refractivity contribution in [1.29, 1.82) is 0 Å². The second kappa shape index (κ2) is 8.79. The maximum Gasteiger partial charge on any atom is 0.415 e. The number of imidazole rings is 1. The monoisotopic (exact) mass is 423 g/mol. The van der Waals surface area contributed by atoms with E-state index in [1.165, 1.54) is 0 Å². The second-order valence-electron chi connectivity index (χ2n) is 7.40. The van der Waals surface area contributed by atoms with Crippen LogP contribution in [0.3, 0.4) is 0 Å². The van der Waals surface area contributed by atoms with Gasteiger partial charge < -0.3 is 19.1 Å². The van der Waals surface area contributed by atoms with Gasteiger partial charge in [0.25, 0.3) is 0 Å². The summed E-state index contributed by atoms with van der Waals surface area (Å²) in [6.45, 7) is 4.69. The van der Waals surface area contributed by atoms with Gasteiger partial charge in [0.2, 0.25) is 0 Å². The van der Waals surface area contributed by atoms with Crippen LogP contribution in [0.1, 0.15) is 22.2 Å². The SMILES string of the molecule is Cc1ccc(N2CCN(C(=O)Oc3ccc(C(S)c4nccn4C)cc3)CC2)nc1. The Hall–Kier alpha value is -3.00. The standard InChI is InChI=1S/C22H25N5O2S/c1-16-3-8-19(24-15-16)26-11-13-27(14-12-26)22(28)29-18-6-4-17(5-7-18)20(30)21-23-9-10-25(21)2/h3-10,15,20,30H,11-14H2,1-2H3. The molecule has 0 radical (unpaired) electrons. The maximum absolute atomic E-state index is 12.5. The summed E-state index contributed by atoms with van der Waals surface area (Å²) >= 11 is 4.67. The molecule has 1 aliphatic rings. The van der Waals surface area contributed by atoms with E-state index in [9.17, 15) is 4.79 Å². The molecule has 1 unspecified atom stereocenters. The van der Waals surface area contributed by atoms with Crippen LogP contribution >= 0.6 is 12.6 Å². The number of anilines is 1. The van der Waals surface area contributed by atoms with Crippen LogP contribution in [-0.2, 0) is 7.05 Å². The Morgan fingerprint density at radius 1 is 1.07 bits per heavy atom. The van der Waals surface area contributed by atoms with Crippen molar-refractivity contribution in [1.82, 2.24) is 19.4 Å². The van der Waals surface area contributed by atoms with Crippen LogP contribution in [0, 0.1) is 6.92 Å². The summed E-state index contributed by atoms with van der Waals surface area (Å²) in [6.07, 6.45) is 5.18. The Kier molecular flexibility index (Phi) is 5.94. The van der Waals surface area contributed by atoms with Crippen molar-refractivity contribution in [3.05, 3.63) is 71.9 Å². The molecule has 0 spiro atoms. The number of carbonyl (C=O) groups is 1. The molecule has 30 heavy (non-hydrogen) atoms. The molecule has 1 fully saturated rings. The smallest absolute Gasteiger partial charge is 0.410 e. The van der Waals surface area contributed by atoms with Crippen LogP contribution in [-0.4, -0.2) is 51.7 Å². The number of rotatable bonds is 4. The summed E-state index contributed by atoms with van der Waals surface area (Å²) in [4.78, 5) is 25.3. The van der Waals surface area contributed by atoms with E-state index in [4.69, 9.17) is 4.74 Å². The minimum Gasteiger partial charge on any atom is -0.410 e. The van der Waals surface area contributed by atoms with Gasteiger partial charge in [-0.2, -0.15) is 12.6 Å². The third-order valence-electron chi connectivity index (χ3n) is 5.26. The molecule has 1 atom stereocenters. The van der Waals surface area contributed by atoms with Crippen LogP contribution < -0.4 is 9.64 Å². The van der Waals surface area contributed by atoms with E-state index in [0.717, 1.165) is 35.9 Å². The topological polar surface area (TPSA) is 63.5 Å². The minimum atomic E-state index is -0.328. The van der Waals surface area contributed by atoms with E-state index in [-0.39, 0.29) is 11.3 Å². The molecule has 156 valence electrons. The average molecular weight is 424 g/mol. The Balaban J connectivity index is 1.32. The highest BCUT2D eigenvalue weighted by molar-refractivity contribution is 7.80. The Morgan fingerprint density at radius 2 is 1.80 bits per heavy atom. The van der Waals surface area contributed by atoms with Crippen molar-refractivity contribution in [3.63, 3.8) is 0 Å². The number of aryl methyl sites for hydroxylation is 2. The second-order valence-corrected chi connectivity index (χ2v) is 7.92. The molecular formula is C22H25N5O2S. The van der Waals surface area contributed by atoms with Gasteiger partial charge >= 0.3 is 6.09 Å². The highest BCUT2D eigenvalue weighted by Gasteiger charge is 2.23. The molecule has 1 saturated heterocycles. The van der Waals surface area contributed by atoms with E-state index < -0.39 is 0 Å². The largest absolute Gasteiger partial charge is 0.415 e. The number of nitrogens with zero attached hydrogens (tertiary/aromatic N) is 5. The van der Waals surface area contributed by atoms with Crippen LogP contribution in [0.2, 0.25) is 0 Å². The zero-order valence-corrected chi connectivity index (χ0v) is 18.0. The summed E-state index contributed by atoms with van der Waals surface area (Å²) in [5.41, 5.74) is 2.13. The molecule has 1 amide bonds. The van der Waals surface area contributed by atoms with Crippen molar-refractivity contribution in [2.45, 2.75) is 12.2 Å². The number of ether oxygens (including phenoxy) is 1. The molecule has 2 aromatic heterocycles. The average Bonchev–Trinajstić information content (AvgIpc) is 3.20. The van der Waals surface area contributed by atoms with Crippen LogP contribution in [0.4, 0.5) is 10.6 Å². The Morgan fingerprint density at radius 3 is 2.40 bits per heavy atom. The molecule has 1 aromatic carbocycles. The van der Waals surface area contributed by atoms with Gasteiger partial charge in [-0.15, -0.1) is 0 Å². The predicted octanol–water partition coefficient (Wildman–Crippen LogP) is 3.46. The number of benzene rings is 1. The lowest BCUT2D eigenvalue weighted by Crippen LogP contribution is -2.49. The maximum atomic E-state index is 12.5. The molecule has 8 heteroatoms. The quantitative estimate of drug-likeness (QED) is 0.651. The molecule has 7 nitrogen and oxygen atoms in total. The van der Waals surface area contributed by atoms with E-state index in [1.807, 2.05) is 49.1 Å². The van der Waals surface area contributed by atoms with Gasteiger partial charge in [-0.1, -0.05) is 18.2 Å². The summed E-state index contributed by atoms with van der Waals surface area (Å²) in [5.74, 6) is 2.33. The fraction of sp³-hybridized carbons (Fsp3) is 0.318. The van der Waals surface area contributed by atoms with Crippen molar-refractivity contribution in [3.8, 4) is 5.75 Å². The molecule has 0 saturated carbocycles. The van der Waals surface area contributed by atoms with Gasteiger partial charge in [0, 0.05) is 51.8 Å². The highest BCUT2D eigenvalue weighted by atomic mass is 32.1. The molecule has 0 N–H and O–H groups in total. The van der Waals surface area contributed by atoms with E-state index in [1.54, 1.807) is 23.2 Å². The fourth-order valence-electron chi connectivity index (χ4n) is 3.44. The first-order valence-electron chi connectivity index (χ1n) is 9.91. The van der Waals surface area contributed by atoms with Crippen LogP contribution in [0.25, 0.3) is 0 Å². The fourth-order valence-corrected chi connectivity index (χ4v) is 3.86. The van der Waals surface area contributed by atoms with E-state index >= 15 is 0 Å². The molecule has 0 aliphatic carbocycles. The van der Waals surface area contributed by atoms with E-state index in [2.05, 4.69) is 33.6 Å². The van der Waals surface area contributed by atoms with E-state index in [0.29, 0.717) is 18.8 Å². The first-order valence-corrected chi connectivity index (χ1v) is 10.4. The Labute approximate surface area is 181 Å². The van der Waals surface area contributed by atoms with Crippen LogP contribution in [0.5, 0.6) is 5.75 Å². The van der Waals surface area contributed by atoms with Gasteiger partial charge in [0.05, 0.1) is 5.25 Å². The summed E-state index contributed by atoms with van der Waals surface area (Å²) in [7, 11) is 1.94. The number of amides is 1. The zero-order valence-electron chi connectivity index (χ0n) is 17.1. The molecule has 4 rings (SSSR count). The number of aromatic nitrogens is 3. The molecule has 1 aliphatic heterocycles. The summed E-state index contributed by atoms with van der Waals surface area (Å²) < 4.78 is 7.51. The predicted molar refractivity (Wildman–Crippen MR) is 119 cm³/mol. The molecule has 3 aromatic rings. The molecule has 3 heterocycles. The number of piperazine rings is 1.